The molecule has 1 aliphatic rings. The quantitative estimate of drug-likeness (QED) is 0.851. The molecule has 1 aliphatic heterocycles. The Kier molecular flexibility index (Phi) is 4.77. The smallest absolute Gasteiger partial charge is 0.267 e. The van der Waals surface area contributed by atoms with Crippen LogP contribution in [0, 0.1) is 0 Å². The summed E-state index contributed by atoms with van der Waals surface area (Å²) in [5.41, 5.74) is 2.11. The second-order valence-electron chi connectivity index (χ2n) is 5.59. The number of nitrogens with zero attached hydrogens (tertiary/aromatic N) is 4. The van der Waals surface area contributed by atoms with E-state index in [4.69, 9.17) is 0 Å². The zero-order valence-electron chi connectivity index (χ0n) is 12.7. The molecule has 0 aromatic carbocycles. The number of hydrogen-bond acceptors (Lipinski definition) is 5. The molecule has 0 bridgehead atoms. The second kappa shape index (κ2) is 6.96. The van der Waals surface area contributed by atoms with Crippen molar-refractivity contribution in [1.29, 1.82) is 0 Å². The fourth-order valence-corrected chi connectivity index (χ4v) is 3.73. The van der Waals surface area contributed by atoms with Crippen molar-refractivity contribution in [2.24, 2.45) is 0 Å². The Bertz CT molecular complexity index is 628. The first-order valence-electron chi connectivity index (χ1n) is 7.80. The number of carbonyl (C=O) groups is 1. The van der Waals surface area contributed by atoms with Crippen molar-refractivity contribution in [3.05, 3.63) is 40.7 Å². The molecule has 2 aromatic heterocycles. The van der Waals surface area contributed by atoms with E-state index in [9.17, 15) is 4.79 Å². The highest BCUT2D eigenvalue weighted by Crippen LogP contribution is 2.25. The number of amides is 1. The number of hydrogen-bond donors (Lipinski definition) is 0. The average molecular weight is 316 g/mol. The lowest BCUT2D eigenvalue weighted by Gasteiger charge is -2.24. The van der Waals surface area contributed by atoms with Crippen LogP contribution in [0.5, 0.6) is 0 Å². The summed E-state index contributed by atoms with van der Waals surface area (Å²) in [4.78, 5) is 19.5. The van der Waals surface area contributed by atoms with Crippen molar-refractivity contribution in [1.82, 2.24) is 19.5 Å². The van der Waals surface area contributed by atoms with E-state index in [1.54, 1.807) is 0 Å². The van der Waals surface area contributed by atoms with Gasteiger partial charge in [0.05, 0.1) is 5.69 Å². The van der Waals surface area contributed by atoms with Crippen molar-refractivity contribution < 1.29 is 4.79 Å². The third-order valence-electron chi connectivity index (χ3n) is 4.24. The lowest BCUT2D eigenvalue weighted by Crippen LogP contribution is -2.35. The minimum Gasteiger partial charge on any atom is -0.335 e. The van der Waals surface area contributed by atoms with Gasteiger partial charge in [0, 0.05) is 25.0 Å². The van der Waals surface area contributed by atoms with Gasteiger partial charge in [0.1, 0.15) is 4.88 Å². The molecule has 0 unspecified atom stereocenters. The van der Waals surface area contributed by atoms with E-state index in [2.05, 4.69) is 14.6 Å². The van der Waals surface area contributed by atoms with Gasteiger partial charge in [0.15, 0.2) is 0 Å². The Labute approximate surface area is 134 Å². The van der Waals surface area contributed by atoms with Gasteiger partial charge in [-0.2, -0.15) is 0 Å². The maximum Gasteiger partial charge on any atom is 0.267 e. The van der Waals surface area contributed by atoms with E-state index < -0.39 is 0 Å². The van der Waals surface area contributed by atoms with Gasteiger partial charge in [0.2, 0.25) is 0 Å². The highest BCUT2D eigenvalue weighted by atomic mass is 32.1. The molecule has 3 rings (SSSR count). The molecule has 1 saturated heterocycles. The molecule has 0 aliphatic carbocycles. The average Bonchev–Trinajstić information content (AvgIpc) is 3.22. The fraction of sp³-hybridized carbons (Fsp3) is 0.500. The first-order valence-corrected chi connectivity index (χ1v) is 8.58. The number of carbonyl (C=O) groups excluding carboxylic acids is 1. The molecule has 6 heteroatoms. The number of rotatable bonds is 5. The summed E-state index contributed by atoms with van der Waals surface area (Å²) in [6.07, 6.45) is 8.56. The van der Waals surface area contributed by atoms with Gasteiger partial charge in [-0.15, -0.1) is 5.10 Å². The summed E-state index contributed by atoms with van der Waals surface area (Å²) in [5.74, 6) is 0.115. The Morgan fingerprint density at radius 3 is 3.00 bits per heavy atom. The molecule has 1 fully saturated rings. The van der Waals surface area contributed by atoms with Crippen LogP contribution in [0.15, 0.2) is 24.5 Å². The number of likely N-dealkylation sites (tertiary alicyclic amines) is 1. The number of aromatic nitrogens is 3. The largest absolute Gasteiger partial charge is 0.335 e. The molecule has 22 heavy (non-hydrogen) atoms. The fourth-order valence-electron chi connectivity index (χ4n) is 3.02. The Morgan fingerprint density at radius 1 is 1.41 bits per heavy atom. The zero-order chi connectivity index (χ0) is 15.4. The third-order valence-corrected chi connectivity index (χ3v) is 4.99. The molecule has 1 atom stereocenters. The molecule has 5 nitrogen and oxygen atoms in total. The van der Waals surface area contributed by atoms with Crippen molar-refractivity contribution in [2.75, 3.05) is 6.54 Å². The number of aryl methyl sites for hydroxylation is 2. The van der Waals surface area contributed by atoms with Gasteiger partial charge in [-0.05, 0) is 61.3 Å². The lowest BCUT2D eigenvalue weighted by molar-refractivity contribution is 0.0734. The first-order chi connectivity index (χ1) is 10.8. The SMILES string of the molecule is CCc1nnsc1C(=O)N1CCC[C@@H]1CCc1ccncc1. The van der Waals surface area contributed by atoms with Crippen LogP contribution in [0.3, 0.4) is 0 Å². The normalized spacial score (nSPS) is 17.9. The molecule has 2 aromatic rings. The van der Waals surface area contributed by atoms with Crippen LogP contribution in [0.1, 0.15) is 47.1 Å². The monoisotopic (exact) mass is 316 g/mol. The minimum absolute atomic E-state index is 0.115. The topological polar surface area (TPSA) is 59.0 Å². The predicted octanol–water partition coefficient (Wildman–Crippen LogP) is 2.73. The highest BCUT2D eigenvalue weighted by Gasteiger charge is 2.31. The summed E-state index contributed by atoms with van der Waals surface area (Å²) in [6, 6.07) is 4.42. The molecule has 0 radical (unpaired) electrons. The predicted molar refractivity (Wildman–Crippen MR) is 85.9 cm³/mol. The zero-order valence-corrected chi connectivity index (χ0v) is 13.6. The van der Waals surface area contributed by atoms with E-state index in [1.807, 2.05) is 36.4 Å². The van der Waals surface area contributed by atoms with E-state index in [0.717, 1.165) is 49.2 Å². The first kappa shape index (κ1) is 15.1. The van der Waals surface area contributed by atoms with Crippen LogP contribution in [0.2, 0.25) is 0 Å². The van der Waals surface area contributed by atoms with Gasteiger partial charge in [-0.25, -0.2) is 0 Å². The number of pyridine rings is 1. The molecule has 0 spiro atoms. The summed E-state index contributed by atoms with van der Waals surface area (Å²) in [5, 5.41) is 4.06. The third kappa shape index (κ3) is 3.16. The summed E-state index contributed by atoms with van der Waals surface area (Å²) < 4.78 is 3.94. The van der Waals surface area contributed by atoms with Crippen LogP contribution < -0.4 is 0 Å². The molecule has 0 N–H and O–H groups in total. The van der Waals surface area contributed by atoms with E-state index in [-0.39, 0.29) is 5.91 Å². The van der Waals surface area contributed by atoms with Gasteiger partial charge >= 0.3 is 0 Å². The van der Waals surface area contributed by atoms with E-state index in [1.165, 1.54) is 17.1 Å². The maximum absolute atomic E-state index is 12.8. The van der Waals surface area contributed by atoms with Gasteiger partial charge in [-0.3, -0.25) is 9.78 Å². The van der Waals surface area contributed by atoms with E-state index in [0.29, 0.717) is 6.04 Å². The van der Waals surface area contributed by atoms with Crippen LogP contribution in [-0.4, -0.2) is 38.0 Å². The minimum atomic E-state index is 0.115. The summed E-state index contributed by atoms with van der Waals surface area (Å²) in [7, 11) is 0. The van der Waals surface area contributed by atoms with Gasteiger partial charge in [0.25, 0.3) is 5.91 Å². The van der Waals surface area contributed by atoms with Crippen LogP contribution in [0.4, 0.5) is 0 Å². The van der Waals surface area contributed by atoms with E-state index >= 15 is 0 Å². The van der Waals surface area contributed by atoms with Crippen molar-refractivity contribution >= 4 is 17.4 Å². The summed E-state index contributed by atoms with van der Waals surface area (Å²) in [6.45, 7) is 2.86. The molecule has 116 valence electrons. The second-order valence-corrected chi connectivity index (χ2v) is 6.35. The standard InChI is InChI=1S/C16H20N4OS/c1-2-14-15(22-19-18-14)16(21)20-11-3-4-13(20)6-5-12-7-9-17-10-8-12/h7-10,13H,2-6,11H2,1H3/t13-/m1/s1. The summed E-state index contributed by atoms with van der Waals surface area (Å²) >= 11 is 1.23. The van der Waals surface area contributed by atoms with Crippen LogP contribution in [-0.2, 0) is 12.8 Å². The molecular weight excluding hydrogens is 296 g/mol. The lowest BCUT2D eigenvalue weighted by atomic mass is 10.0. The molecular formula is C16H20N4OS. The van der Waals surface area contributed by atoms with Crippen molar-refractivity contribution in [3.8, 4) is 0 Å². The maximum atomic E-state index is 12.8. The van der Waals surface area contributed by atoms with Gasteiger partial charge < -0.3 is 4.90 Å². The Morgan fingerprint density at radius 2 is 2.23 bits per heavy atom. The van der Waals surface area contributed by atoms with Crippen molar-refractivity contribution in [3.63, 3.8) is 0 Å². The van der Waals surface area contributed by atoms with Crippen LogP contribution in [0.25, 0.3) is 0 Å². The molecule has 1 amide bonds. The van der Waals surface area contributed by atoms with Gasteiger partial charge in [-0.1, -0.05) is 11.4 Å². The Balaban J connectivity index is 1.66. The van der Waals surface area contributed by atoms with Crippen molar-refractivity contribution in [2.45, 2.75) is 45.1 Å². The molecule has 0 saturated carbocycles. The Hall–Kier alpha value is -1.82. The highest BCUT2D eigenvalue weighted by molar-refractivity contribution is 7.08. The van der Waals surface area contributed by atoms with Crippen LogP contribution >= 0.6 is 11.5 Å². The molecule has 3 heterocycles.